The quantitative estimate of drug-likeness (QED) is 0.737. The van der Waals surface area contributed by atoms with E-state index in [9.17, 15) is 0 Å². The lowest BCUT2D eigenvalue weighted by Gasteiger charge is -2.13. The number of methoxy groups -OCH3 is 1. The fourth-order valence-electron chi connectivity index (χ4n) is 1.24. The minimum atomic E-state index is 0.357. The van der Waals surface area contributed by atoms with Crippen LogP contribution in [0.5, 0.6) is 11.5 Å². The smallest absolute Gasteiger partial charge is 0.165 e. The molecule has 0 radical (unpaired) electrons. The standard InChI is InChI=1S/C11H14Cl2O2/c1-3-4-15-11-8(7-12)5-9(13)6-10(11)14-2/h5-6H,3-4,7H2,1-2H3. The Morgan fingerprint density at radius 3 is 2.60 bits per heavy atom. The Morgan fingerprint density at radius 2 is 2.07 bits per heavy atom. The first kappa shape index (κ1) is 12.5. The summed E-state index contributed by atoms with van der Waals surface area (Å²) in [6.45, 7) is 2.69. The number of rotatable bonds is 5. The van der Waals surface area contributed by atoms with Crippen LogP contribution in [-0.4, -0.2) is 13.7 Å². The van der Waals surface area contributed by atoms with Gasteiger partial charge in [-0.15, -0.1) is 11.6 Å². The third-order valence-electron chi connectivity index (χ3n) is 1.91. The molecule has 0 amide bonds. The summed E-state index contributed by atoms with van der Waals surface area (Å²) in [5, 5.41) is 0.603. The van der Waals surface area contributed by atoms with E-state index in [0.717, 1.165) is 12.0 Å². The van der Waals surface area contributed by atoms with Crippen molar-refractivity contribution in [2.45, 2.75) is 19.2 Å². The van der Waals surface area contributed by atoms with Crippen LogP contribution < -0.4 is 9.47 Å². The highest BCUT2D eigenvalue weighted by atomic mass is 35.5. The summed E-state index contributed by atoms with van der Waals surface area (Å²) >= 11 is 11.7. The van der Waals surface area contributed by atoms with Crippen molar-refractivity contribution in [3.8, 4) is 11.5 Å². The number of alkyl halides is 1. The highest BCUT2D eigenvalue weighted by Gasteiger charge is 2.11. The second kappa shape index (κ2) is 6.09. The van der Waals surface area contributed by atoms with Crippen LogP contribution in [0.4, 0.5) is 0 Å². The predicted molar refractivity (Wildman–Crippen MR) is 63.3 cm³/mol. The van der Waals surface area contributed by atoms with Crippen LogP contribution in [0.2, 0.25) is 5.02 Å². The van der Waals surface area contributed by atoms with Crippen molar-refractivity contribution in [2.24, 2.45) is 0 Å². The van der Waals surface area contributed by atoms with Crippen LogP contribution in [0.15, 0.2) is 12.1 Å². The van der Waals surface area contributed by atoms with E-state index in [1.54, 1.807) is 19.2 Å². The topological polar surface area (TPSA) is 18.5 Å². The molecule has 84 valence electrons. The minimum absolute atomic E-state index is 0.357. The van der Waals surface area contributed by atoms with E-state index >= 15 is 0 Å². The van der Waals surface area contributed by atoms with Crippen molar-refractivity contribution >= 4 is 23.2 Å². The number of hydrogen-bond acceptors (Lipinski definition) is 2. The molecule has 0 atom stereocenters. The molecule has 0 heterocycles. The summed E-state index contributed by atoms with van der Waals surface area (Å²) in [4.78, 5) is 0. The van der Waals surface area contributed by atoms with Gasteiger partial charge in [0.15, 0.2) is 11.5 Å². The van der Waals surface area contributed by atoms with E-state index in [4.69, 9.17) is 32.7 Å². The molecule has 1 aromatic carbocycles. The first-order valence-corrected chi connectivity index (χ1v) is 5.69. The van der Waals surface area contributed by atoms with Crippen LogP contribution in [0.1, 0.15) is 18.9 Å². The molecule has 1 aromatic rings. The predicted octanol–water partition coefficient (Wildman–Crippen LogP) is 3.88. The van der Waals surface area contributed by atoms with Crippen molar-refractivity contribution in [2.75, 3.05) is 13.7 Å². The van der Waals surface area contributed by atoms with Gasteiger partial charge in [-0.3, -0.25) is 0 Å². The van der Waals surface area contributed by atoms with Gasteiger partial charge in [-0.2, -0.15) is 0 Å². The van der Waals surface area contributed by atoms with E-state index in [2.05, 4.69) is 0 Å². The third-order valence-corrected chi connectivity index (χ3v) is 2.42. The molecule has 15 heavy (non-hydrogen) atoms. The minimum Gasteiger partial charge on any atom is -0.493 e. The van der Waals surface area contributed by atoms with Crippen molar-refractivity contribution < 1.29 is 9.47 Å². The summed E-state index contributed by atoms with van der Waals surface area (Å²) in [5.74, 6) is 1.68. The summed E-state index contributed by atoms with van der Waals surface area (Å²) in [6, 6.07) is 3.52. The molecule has 0 N–H and O–H groups in total. The van der Waals surface area contributed by atoms with Crippen LogP contribution in [0.25, 0.3) is 0 Å². The van der Waals surface area contributed by atoms with Crippen molar-refractivity contribution in [3.05, 3.63) is 22.7 Å². The average Bonchev–Trinajstić information content (AvgIpc) is 2.26. The molecular weight excluding hydrogens is 235 g/mol. The highest BCUT2D eigenvalue weighted by Crippen LogP contribution is 2.35. The fourth-order valence-corrected chi connectivity index (χ4v) is 1.67. The zero-order chi connectivity index (χ0) is 11.3. The van der Waals surface area contributed by atoms with Gasteiger partial charge in [0.25, 0.3) is 0 Å². The molecule has 0 fully saturated rings. The lowest BCUT2D eigenvalue weighted by molar-refractivity contribution is 0.292. The van der Waals surface area contributed by atoms with Crippen molar-refractivity contribution in [1.82, 2.24) is 0 Å². The Bertz CT molecular complexity index is 301. The zero-order valence-corrected chi connectivity index (χ0v) is 10.4. The van der Waals surface area contributed by atoms with E-state index in [0.29, 0.717) is 29.0 Å². The summed E-state index contributed by atoms with van der Waals surface area (Å²) in [7, 11) is 1.59. The van der Waals surface area contributed by atoms with Crippen LogP contribution in [0.3, 0.4) is 0 Å². The van der Waals surface area contributed by atoms with E-state index in [1.165, 1.54) is 0 Å². The first-order valence-electron chi connectivity index (χ1n) is 4.78. The molecule has 0 unspecified atom stereocenters. The lowest BCUT2D eigenvalue weighted by atomic mass is 10.2. The van der Waals surface area contributed by atoms with E-state index < -0.39 is 0 Å². The molecule has 0 aliphatic heterocycles. The maximum atomic E-state index is 5.92. The summed E-state index contributed by atoms with van der Waals surface area (Å²) in [5.41, 5.74) is 0.856. The molecule has 0 saturated carbocycles. The van der Waals surface area contributed by atoms with Gasteiger partial charge in [0, 0.05) is 16.7 Å². The zero-order valence-electron chi connectivity index (χ0n) is 8.85. The van der Waals surface area contributed by atoms with Gasteiger partial charge in [-0.05, 0) is 12.5 Å². The highest BCUT2D eigenvalue weighted by molar-refractivity contribution is 6.31. The second-order valence-corrected chi connectivity index (χ2v) is 3.78. The van der Waals surface area contributed by atoms with E-state index in [1.807, 2.05) is 6.92 Å². The van der Waals surface area contributed by atoms with Crippen LogP contribution in [0, 0.1) is 0 Å². The maximum Gasteiger partial charge on any atom is 0.165 e. The normalized spacial score (nSPS) is 10.1. The van der Waals surface area contributed by atoms with Crippen molar-refractivity contribution in [3.63, 3.8) is 0 Å². The van der Waals surface area contributed by atoms with Gasteiger partial charge in [-0.25, -0.2) is 0 Å². The Kier molecular flexibility index (Phi) is 5.06. The first-order chi connectivity index (χ1) is 7.22. The van der Waals surface area contributed by atoms with Gasteiger partial charge < -0.3 is 9.47 Å². The largest absolute Gasteiger partial charge is 0.493 e. The van der Waals surface area contributed by atoms with Crippen LogP contribution in [-0.2, 0) is 5.88 Å². The van der Waals surface area contributed by atoms with Gasteiger partial charge in [0.05, 0.1) is 19.6 Å². The molecule has 0 saturated heterocycles. The van der Waals surface area contributed by atoms with Gasteiger partial charge >= 0.3 is 0 Å². The summed E-state index contributed by atoms with van der Waals surface area (Å²) < 4.78 is 10.8. The Balaban J connectivity index is 3.06. The van der Waals surface area contributed by atoms with Crippen molar-refractivity contribution in [1.29, 1.82) is 0 Å². The molecule has 0 spiro atoms. The number of ether oxygens (including phenoxy) is 2. The summed E-state index contributed by atoms with van der Waals surface area (Å²) in [6.07, 6.45) is 0.938. The van der Waals surface area contributed by atoms with Gasteiger partial charge in [-0.1, -0.05) is 18.5 Å². The van der Waals surface area contributed by atoms with Crippen LogP contribution >= 0.6 is 23.2 Å². The van der Waals surface area contributed by atoms with E-state index in [-0.39, 0.29) is 0 Å². The molecule has 2 nitrogen and oxygen atoms in total. The molecule has 0 aliphatic carbocycles. The van der Waals surface area contributed by atoms with Gasteiger partial charge in [0.2, 0.25) is 0 Å². The molecule has 4 heteroatoms. The Hall–Kier alpha value is -0.600. The lowest BCUT2D eigenvalue weighted by Crippen LogP contribution is -2.00. The number of halogens is 2. The molecular formula is C11H14Cl2O2. The fraction of sp³-hybridized carbons (Fsp3) is 0.455. The molecule has 0 aliphatic rings. The number of benzene rings is 1. The second-order valence-electron chi connectivity index (χ2n) is 3.08. The molecule has 0 aromatic heterocycles. The monoisotopic (exact) mass is 248 g/mol. The number of hydrogen-bond donors (Lipinski definition) is 0. The Labute approximate surface area is 100 Å². The molecule has 0 bridgehead atoms. The molecule has 1 rings (SSSR count). The Morgan fingerprint density at radius 1 is 1.33 bits per heavy atom. The third kappa shape index (κ3) is 3.18. The maximum absolute atomic E-state index is 5.92. The SMILES string of the molecule is CCCOc1c(CCl)cc(Cl)cc1OC. The average molecular weight is 249 g/mol. The van der Waals surface area contributed by atoms with Gasteiger partial charge in [0.1, 0.15) is 0 Å².